The summed E-state index contributed by atoms with van der Waals surface area (Å²) in [5, 5.41) is 0. The van der Waals surface area contributed by atoms with Crippen molar-refractivity contribution in [1.29, 1.82) is 0 Å². The monoisotopic (exact) mass is 222 g/mol. The molecule has 4 heteroatoms. The van der Waals surface area contributed by atoms with E-state index in [2.05, 4.69) is 21.3 Å². The second-order valence-corrected chi connectivity index (χ2v) is 3.22. The number of terminal acetylenes is 2. The zero-order chi connectivity index (χ0) is 12.8. The molecule has 0 aliphatic carbocycles. The topological polar surface area (TPSA) is 52.6 Å². The Balaban J connectivity index is 5.60. The van der Waals surface area contributed by atoms with Crippen LogP contribution in [0, 0.1) is 36.0 Å². The first-order valence-electron chi connectivity index (χ1n) is 4.57. The summed E-state index contributed by atoms with van der Waals surface area (Å²) in [6.07, 6.45) is 10.2. The van der Waals surface area contributed by atoms with E-state index in [0.29, 0.717) is 0 Å². The van der Waals surface area contributed by atoms with Crippen LogP contribution in [0.5, 0.6) is 0 Å². The summed E-state index contributed by atoms with van der Waals surface area (Å²) in [5.74, 6) is 2.33. The standard InChI is InChI=1S/C12H14O4/c1-6-8-12(9(3)7-2,10(13)15-4)11(14)16-5/h1-2,9H,8H2,3-5H3. The molecule has 86 valence electrons. The van der Waals surface area contributed by atoms with Gasteiger partial charge in [-0.2, -0.15) is 0 Å². The second-order valence-electron chi connectivity index (χ2n) is 3.22. The zero-order valence-corrected chi connectivity index (χ0v) is 9.57. The van der Waals surface area contributed by atoms with Crippen LogP contribution in [0.3, 0.4) is 0 Å². The van der Waals surface area contributed by atoms with Gasteiger partial charge >= 0.3 is 11.9 Å². The molecule has 0 spiro atoms. The number of rotatable bonds is 4. The summed E-state index contributed by atoms with van der Waals surface area (Å²) in [5.41, 5.74) is -1.62. The fourth-order valence-corrected chi connectivity index (χ4v) is 1.40. The Hall–Kier alpha value is -1.94. The van der Waals surface area contributed by atoms with Crippen molar-refractivity contribution in [3.8, 4) is 24.7 Å². The van der Waals surface area contributed by atoms with Crippen molar-refractivity contribution in [3.05, 3.63) is 0 Å². The molecule has 4 nitrogen and oxygen atoms in total. The van der Waals surface area contributed by atoms with E-state index in [-0.39, 0.29) is 6.42 Å². The fraction of sp³-hybridized carbons (Fsp3) is 0.500. The van der Waals surface area contributed by atoms with Crippen molar-refractivity contribution in [2.24, 2.45) is 11.3 Å². The largest absolute Gasteiger partial charge is 0.468 e. The molecule has 0 aliphatic heterocycles. The summed E-state index contributed by atoms with van der Waals surface area (Å²) in [6, 6.07) is 0. The molecular formula is C12H14O4. The van der Waals surface area contributed by atoms with Crippen LogP contribution in [0.15, 0.2) is 0 Å². The third-order valence-corrected chi connectivity index (χ3v) is 2.47. The van der Waals surface area contributed by atoms with Crippen molar-refractivity contribution in [2.75, 3.05) is 14.2 Å². The Bertz CT molecular complexity index is 340. The Labute approximate surface area is 95.3 Å². The molecular weight excluding hydrogens is 208 g/mol. The average molecular weight is 222 g/mol. The van der Waals surface area contributed by atoms with Gasteiger partial charge in [-0.25, -0.2) is 0 Å². The lowest BCUT2D eigenvalue weighted by molar-refractivity contribution is -0.171. The van der Waals surface area contributed by atoms with Gasteiger partial charge < -0.3 is 9.47 Å². The Kier molecular flexibility index (Phi) is 5.12. The van der Waals surface area contributed by atoms with E-state index >= 15 is 0 Å². The number of carbonyl (C=O) groups is 2. The lowest BCUT2D eigenvalue weighted by atomic mass is 9.74. The zero-order valence-electron chi connectivity index (χ0n) is 9.57. The van der Waals surface area contributed by atoms with Gasteiger partial charge in [0, 0.05) is 12.3 Å². The predicted molar refractivity (Wildman–Crippen MR) is 57.9 cm³/mol. The number of hydrogen-bond acceptors (Lipinski definition) is 4. The Morgan fingerprint density at radius 3 is 1.94 bits per heavy atom. The normalized spacial score (nSPS) is 11.8. The lowest BCUT2D eigenvalue weighted by Crippen LogP contribution is -2.45. The van der Waals surface area contributed by atoms with Crippen LogP contribution in [-0.2, 0) is 19.1 Å². The Morgan fingerprint density at radius 1 is 1.25 bits per heavy atom. The molecule has 0 radical (unpaired) electrons. The first-order valence-corrected chi connectivity index (χ1v) is 4.57. The van der Waals surface area contributed by atoms with Crippen LogP contribution in [-0.4, -0.2) is 26.2 Å². The highest BCUT2D eigenvalue weighted by atomic mass is 16.5. The minimum absolute atomic E-state index is 0.155. The van der Waals surface area contributed by atoms with Gasteiger partial charge in [0.05, 0.1) is 14.2 Å². The number of methoxy groups -OCH3 is 2. The maximum atomic E-state index is 11.7. The Morgan fingerprint density at radius 2 is 1.69 bits per heavy atom. The predicted octanol–water partition coefficient (Wildman–Crippen LogP) is 0.611. The quantitative estimate of drug-likeness (QED) is 0.397. The van der Waals surface area contributed by atoms with Gasteiger partial charge in [-0.1, -0.05) is 0 Å². The summed E-state index contributed by atoms with van der Waals surface area (Å²) in [6.45, 7) is 1.55. The van der Waals surface area contributed by atoms with Crippen molar-refractivity contribution in [3.63, 3.8) is 0 Å². The van der Waals surface area contributed by atoms with E-state index in [1.807, 2.05) is 0 Å². The van der Waals surface area contributed by atoms with Crippen molar-refractivity contribution >= 4 is 11.9 Å². The van der Waals surface area contributed by atoms with Gasteiger partial charge in [-0.05, 0) is 6.92 Å². The van der Waals surface area contributed by atoms with Crippen LogP contribution in [0.25, 0.3) is 0 Å². The molecule has 0 amide bonds. The number of ether oxygens (including phenoxy) is 2. The maximum absolute atomic E-state index is 11.7. The lowest BCUT2D eigenvalue weighted by Gasteiger charge is -2.29. The van der Waals surface area contributed by atoms with Gasteiger partial charge in [0.1, 0.15) is 0 Å². The van der Waals surface area contributed by atoms with Crippen molar-refractivity contribution in [1.82, 2.24) is 0 Å². The molecule has 0 saturated heterocycles. The summed E-state index contributed by atoms with van der Waals surface area (Å²) in [4.78, 5) is 23.4. The number of esters is 2. The molecule has 0 aromatic heterocycles. The SMILES string of the molecule is C#CCC(C(=O)OC)(C(=O)OC)C(C)C#C. The molecule has 0 N–H and O–H groups in total. The average Bonchev–Trinajstić information content (AvgIpc) is 2.32. The van der Waals surface area contributed by atoms with Crippen LogP contribution in [0.1, 0.15) is 13.3 Å². The van der Waals surface area contributed by atoms with Gasteiger partial charge in [-0.3, -0.25) is 9.59 Å². The number of hydrogen-bond donors (Lipinski definition) is 0. The van der Waals surface area contributed by atoms with Gasteiger partial charge in [0.25, 0.3) is 0 Å². The molecule has 16 heavy (non-hydrogen) atoms. The van der Waals surface area contributed by atoms with E-state index < -0.39 is 23.3 Å². The highest BCUT2D eigenvalue weighted by Crippen LogP contribution is 2.34. The summed E-state index contributed by atoms with van der Waals surface area (Å²) in [7, 11) is 2.33. The van der Waals surface area contributed by atoms with E-state index in [4.69, 9.17) is 12.8 Å². The first kappa shape index (κ1) is 14.1. The molecule has 1 atom stereocenters. The molecule has 0 fully saturated rings. The van der Waals surface area contributed by atoms with Crippen molar-refractivity contribution < 1.29 is 19.1 Å². The van der Waals surface area contributed by atoms with Crippen LogP contribution < -0.4 is 0 Å². The molecule has 0 aliphatic rings. The van der Waals surface area contributed by atoms with Crippen LogP contribution in [0.2, 0.25) is 0 Å². The molecule has 0 aromatic carbocycles. The first-order chi connectivity index (χ1) is 7.50. The van der Waals surface area contributed by atoms with Crippen LogP contribution >= 0.6 is 0 Å². The fourth-order valence-electron chi connectivity index (χ4n) is 1.40. The van der Waals surface area contributed by atoms with Gasteiger partial charge in [0.15, 0.2) is 5.41 Å². The van der Waals surface area contributed by atoms with Gasteiger partial charge in [-0.15, -0.1) is 24.7 Å². The van der Waals surface area contributed by atoms with E-state index in [9.17, 15) is 9.59 Å². The molecule has 0 bridgehead atoms. The smallest absolute Gasteiger partial charge is 0.325 e. The van der Waals surface area contributed by atoms with E-state index in [1.54, 1.807) is 6.92 Å². The highest BCUT2D eigenvalue weighted by Gasteiger charge is 2.52. The molecule has 0 aromatic rings. The minimum Gasteiger partial charge on any atom is -0.468 e. The number of carbonyl (C=O) groups excluding carboxylic acids is 2. The maximum Gasteiger partial charge on any atom is 0.325 e. The molecule has 0 rings (SSSR count). The van der Waals surface area contributed by atoms with E-state index in [1.165, 1.54) is 14.2 Å². The van der Waals surface area contributed by atoms with Crippen LogP contribution in [0.4, 0.5) is 0 Å². The third kappa shape index (κ3) is 2.17. The second kappa shape index (κ2) is 5.82. The summed E-state index contributed by atoms with van der Waals surface area (Å²) < 4.78 is 9.17. The third-order valence-electron chi connectivity index (χ3n) is 2.47. The molecule has 0 saturated carbocycles. The van der Waals surface area contributed by atoms with Gasteiger partial charge in [0.2, 0.25) is 0 Å². The van der Waals surface area contributed by atoms with Crippen molar-refractivity contribution in [2.45, 2.75) is 13.3 Å². The molecule has 0 heterocycles. The minimum atomic E-state index is -1.62. The summed E-state index contributed by atoms with van der Waals surface area (Å²) >= 11 is 0. The molecule has 1 unspecified atom stereocenters. The highest BCUT2D eigenvalue weighted by molar-refractivity contribution is 6.01. The van der Waals surface area contributed by atoms with E-state index in [0.717, 1.165) is 0 Å².